The first-order valence-electron chi connectivity index (χ1n) is 6.55. The fourth-order valence-corrected chi connectivity index (χ4v) is 1.94. The molecule has 0 saturated heterocycles. The SMILES string of the molecule is Cc1cc(=O)oc2cc(O[C@@H](C)C(=O)NCC(=O)[O-])ccc12. The number of carboxylic acid groups (broad SMARTS) is 1. The van der Waals surface area contributed by atoms with Crippen molar-refractivity contribution >= 4 is 22.8 Å². The van der Waals surface area contributed by atoms with Gasteiger partial charge in [-0.25, -0.2) is 4.79 Å². The summed E-state index contributed by atoms with van der Waals surface area (Å²) in [6, 6.07) is 6.25. The lowest BCUT2D eigenvalue weighted by molar-refractivity contribution is -0.304. The van der Waals surface area contributed by atoms with E-state index >= 15 is 0 Å². The molecular formula is C15H14NO6-. The van der Waals surface area contributed by atoms with Gasteiger partial charge in [0.15, 0.2) is 6.10 Å². The number of hydrogen-bond donors (Lipinski definition) is 1. The number of rotatable bonds is 5. The highest BCUT2D eigenvalue weighted by atomic mass is 16.5. The van der Waals surface area contributed by atoms with Crippen LogP contribution in [0.4, 0.5) is 0 Å². The van der Waals surface area contributed by atoms with Gasteiger partial charge in [-0.15, -0.1) is 0 Å². The van der Waals surface area contributed by atoms with Gasteiger partial charge in [-0.05, 0) is 31.5 Å². The second-order valence-electron chi connectivity index (χ2n) is 4.76. The Morgan fingerprint density at radius 3 is 2.77 bits per heavy atom. The standard InChI is InChI=1S/C15H15NO6/c1-8-5-14(19)22-12-6-10(3-4-11(8)12)21-9(2)15(20)16-7-13(17)18/h3-6,9H,7H2,1-2H3,(H,16,20)(H,17,18)/p-1/t9-/m0/s1. The number of hydrogen-bond acceptors (Lipinski definition) is 6. The number of aryl methyl sites for hydroxylation is 1. The lowest BCUT2D eigenvalue weighted by atomic mass is 10.1. The van der Waals surface area contributed by atoms with Crippen molar-refractivity contribution in [2.45, 2.75) is 20.0 Å². The van der Waals surface area contributed by atoms with Crippen LogP contribution >= 0.6 is 0 Å². The summed E-state index contributed by atoms with van der Waals surface area (Å²) in [5.74, 6) is -1.64. The van der Waals surface area contributed by atoms with Gasteiger partial charge in [0.2, 0.25) is 0 Å². The number of carbonyl (C=O) groups is 2. The van der Waals surface area contributed by atoms with Gasteiger partial charge >= 0.3 is 5.63 Å². The van der Waals surface area contributed by atoms with Gasteiger partial charge in [0.1, 0.15) is 11.3 Å². The number of nitrogens with one attached hydrogen (secondary N) is 1. The molecule has 1 aromatic carbocycles. The van der Waals surface area contributed by atoms with Crippen LogP contribution in [0.25, 0.3) is 11.0 Å². The van der Waals surface area contributed by atoms with E-state index in [1.54, 1.807) is 19.1 Å². The monoisotopic (exact) mass is 304 g/mol. The largest absolute Gasteiger partial charge is 0.548 e. The van der Waals surface area contributed by atoms with Gasteiger partial charge in [0, 0.05) is 17.5 Å². The summed E-state index contributed by atoms with van der Waals surface area (Å²) in [6.45, 7) is 2.68. The zero-order valence-electron chi connectivity index (χ0n) is 12.0. The van der Waals surface area contributed by atoms with Crippen LogP contribution in [0.1, 0.15) is 12.5 Å². The van der Waals surface area contributed by atoms with Gasteiger partial charge in [-0.2, -0.15) is 0 Å². The molecule has 1 N–H and O–H groups in total. The Morgan fingerprint density at radius 1 is 1.36 bits per heavy atom. The van der Waals surface area contributed by atoms with Crippen molar-refractivity contribution < 1.29 is 23.8 Å². The maximum absolute atomic E-state index is 11.6. The smallest absolute Gasteiger partial charge is 0.336 e. The minimum absolute atomic E-state index is 0.331. The molecule has 1 amide bonds. The topological polar surface area (TPSA) is 109 Å². The predicted octanol–water partition coefficient (Wildman–Crippen LogP) is -0.265. The van der Waals surface area contributed by atoms with Gasteiger partial charge < -0.3 is 24.4 Å². The Kier molecular flexibility index (Phi) is 4.45. The molecule has 7 heteroatoms. The van der Waals surface area contributed by atoms with Gasteiger partial charge in [0.25, 0.3) is 5.91 Å². The quantitative estimate of drug-likeness (QED) is 0.762. The molecule has 0 radical (unpaired) electrons. The number of benzene rings is 1. The van der Waals surface area contributed by atoms with Crippen molar-refractivity contribution in [3.63, 3.8) is 0 Å². The van der Waals surface area contributed by atoms with Gasteiger partial charge in [-0.1, -0.05) is 0 Å². The Morgan fingerprint density at radius 2 is 2.09 bits per heavy atom. The molecule has 7 nitrogen and oxygen atoms in total. The van der Waals surface area contributed by atoms with Crippen molar-refractivity contribution in [2.24, 2.45) is 0 Å². The molecule has 22 heavy (non-hydrogen) atoms. The fourth-order valence-electron chi connectivity index (χ4n) is 1.94. The third kappa shape index (κ3) is 3.63. The molecule has 0 aliphatic carbocycles. The lowest BCUT2D eigenvalue weighted by Gasteiger charge is -2.15. The van der Waals surface area contributed by atoms with E-state index in [2.05, 4.69) is 5.32 Å². The highest BCUT2D eigenvalue weighted by Gasteiger charge is 2.15. The van der Waals surface area contributed by atoms with Crippen LogP contribution in [0.15, 0.2) is 33.5 Å². The van der Waals surface area contributed by atoms with Crippen molar-refractivity contribution in [1.29, 1.82) is 0 Å². The van der Waals surface area contributed by atoms with Crippen LogP contribution in [-0.4, -0.2) is 24.5 Å². The molecule has 0 saturated carbocycles. The van der Waals surface area contributed by atoms with Crippen LogP contribution < -0.4 is 20.8 Å². The summed E-state index contributed by atoms with van der Waals surface area (Å²) in [7, 11) is 0. The second kappa shape index (κ2) is 6.30. The van der Waals surface area contributed by atoms with Crippen molar-refractivity contribution in [1.82, 2.24) is 5.32 Å². The van der Waals surface area contributed by atoms with Gasteiger partial charge in [-0.3, -0.25) is 4.79 Å². The zero-order valence-corrected chi connectivity index (χ0v) is 12.0. The first-order chi connectivity index (χ1) is 10.4. The van der Waals surface area contributed by atoms with E-state index in [1.807, 2.05) is 0 Å². The molecule has 0 bridgehead atoms. The Balaban J connectivity index is 2.16. The molecular weight excluding hydrogens is 290 g/mol. The third-order valence-corrected chi connectivity index (χ3v) is 3.01. The highest BCUT2D eigenvalue weighted by molar-refractivity contribution is 5.84. The number of carbonyl (C=O) groups excluding carboxylic acids is 2. The summed E-state index contributed by atoms with van der Waals surface area (Å²) in [6.07, 6.45) is -0.909. The van der Waals surface area contributed by atoms with E-state index in [0.29, 0.717) is 11.3 Å². The van der Waals surface area contributed by atoms with E-state index < -0.39 is 30.2 Å². The Bertz CT molecular complexity index is 779. The number of fused-ring (bicyclic) bond motifs is 1. The van der Waals surface area contributed by atoms with E-state index in [9.17, 15) is 19.5 Å². The molecule has 2 aromatic rings. The molecule has 0 fully saturated rings. The van der Waals surface area contributed by atoms with Crippen molar-refractivity contribution in [2.75, 3.05) is 6.54 Å². The van der Waals surface area contributed by atoms with Crippen molar-refractivity contribution in [3.05, 3.63) is 40.2 Å². The Labute approximate surface area is 125 Å². The average Bonchev–Trinajstić information content (AvgIpc) is 2.43. The molecule has 0 aliphatic rings. The number of carboxylic acids is 1. The second-order valence-corrected chi connectivity index (χ2v) is 4.76. The van der Waals surface area contributed by atoms with Gasteiger partial charge in [0.05, 0.1) is 12.5 Å². The number of ether oxygens (including phenoxy) is 1. The normalized spacial score (nSPS) is 11.9. The van der Waals surface area contributed by atoms with Crippen LogP contribution in [0.5, 0.6) is 5.75 Å². The van der Waals surface area contributed by atoms with Crippen LogP contribution in [0.3, 0.4) is 0 Å². The first-order valence-corrected chi connectivity index (χ1v) is 6.55. The maximum Gasteiger partial charge on any atom is 0.336 e. The maximum atomic E-state index is 11.6. The highest BCUT2D eigenvalue weighted by Crippen LogP contribution is 2.22. The number of amides is 1. The van der Waals surface area contributed by atoms with E-state index in [1.165, 1.54) is 19.1 Å². The fraction of sp³-hybridized carbons (Fsp3) is 0.267. The van der Waals surface area contributed by atoms with E-state index in [4.69, 9.17) is 9.15 Å². The van der Waals surface area contributed by atoms with E-state index in [0.717, 1.165) is 10.9 Å². The summed E-state index contributed by atoms with van der Waals surface area (Å²) in [5, 5.41) is 13.2. The minimum Gasteiger partial charge on any atom is -0.548 e. The first kappa shape index (κ1) is 15.6. The number of aliphatic carboxylic acids is 1. The van der Waals surface area contributed by atoms with Crippen molar-refractivity contribution in [3.8, 4) is 5.75 Å². The predicted molar refractivity (Wildman–Crippen MR) is 75.3 cm³/mol. The molecule has 2 rings (SSSR count). The summed E-state index contributed by atoms with van der Waals surface area (Å²) in [5.41, 5.74) is 0.657. The summed E-state index contributed by atoms with van der Waals surface area (Å²) in [4.78, 5) is 33.3. The van der Waals surface area contributed by atoms with E-state index in [-0.39, 0.29) is 0 Å². The Hall–Kier alpha value is -2.83. The lowest BCUT2D eigenvalue weighted by Crippen LogP contribution is -2.43. The minimum atomic E-state index is -1.39. The zero-order chi connectivity index (χ0) is 16.3. The average molecular weight is 304 g/mol. The molecule has 116 valence electrons. The molecule has 1 atom stereocenters. The van der Waals surface area contributed by atoms with Crippen LogP contribution in [-0.2, 0) is 9.59 Å². The molecule has 0 unspecified atom stereocenters. The summed E-state index contributed by atoms with van der Waals surface area (Å²) < 4.78 is 10.5. The third-order valence-electron chi connectivity index (χ3n) is 3.01. The van der Waals surface area contributed by atoms with Crippen LogP contribution in [0.2, 0.25) is 0 Å². The molecule has 0 aliphatic heterocycles. The molecule has 0 spiro atoms. The van der Waals surface area contributed by atoms with Crippen LogP contribution in [0, 0.1) is 6.92 Å². The molecule has 1 heterocycles. The summed E-state index contributed by atoms with van der Waals surface area (Å²) >= 11 is 0. The molecule has 1 aromatic heterocycles.